The predicted molar refractivity (Wildman–Crippen MR) is 78.6 cm³/mol. The van der Waals surface area contributed by atoms with E-state index >= 15 is 0 Å². The number of rotatable bonds is 7. The van der Waals surface area contributed by atoms with Crippen molar-refractivity contribution in [3.8, 4) is 0 Å². The molecule has 0 atom stereocenters. The summed E-state index contributed by atoms with van der Waals surface area (Å²) < 4.78 is 14.1. The predicted octanol–water partition coefficient (Wildman–Crippen LogP) is 1.52. The molecule has 22 heavy (non-hydrogen) atoms. The summed E-state index contributed by atoms with van der Waals surface area (Å²) in [5, 5.41) is 0. The van der Waals surface area contributed by atoms with Gasteiger partial charge in [-0.25, -0.2) is 14.4 Å². The summed E-state index contributed by atoms with van der Waals surface area (Å²) in [7, 11) is 1.22. The molecule has 6 nitrogen and oxygen atoms in total. The second kappa shape index (κ2) is 9.12. The summed E-state index contributed by atoms with van der Waals surface area (Å²) in [4.78, 5) is 34.2. The van der Waals surface area contributed by atoms with Crippen molar-refractivity contribution < 1.29 is 28.6 Å². The van der Waals surface area contributed by atoms with Gasteiger partial charge in [-0.1, -0.05) is 36.9 Å². The first-order valence-corrected chi connectivity index (χ1v) is 6.40. The van der Waals surface area contributed by atoms with Gasteiger partial charge in [-0.2, -0.15) is 0 Å². The molecule has 0 aromatic heterocycles. The summed E-state index contributed by atoms with van der Waals surface area (Å²) in [6, 6.07) is 8.58. The lowest BCUT2D eigenvalue weighted by molar-refractivity contribution is -0.146. The highest BCUT2D eigenvalue weighted by Crippen LogP contribution is 2.15. The zero-order valence-corrected chi connectivity index (χ0v) is 12.1. The molecule has 0 aliphatic rings. The summed E-state index contributed by atoms with van der Waals surface area (Å²) >= 11 is 0. The second-order valence-corrected chi connectivity index (χ2v) is 3.95. The van der Waals surface area contributed by atoms with Crippen LogP contribution < -0.4 is 0 Å². The lowest BCUT2D eigenvalue weighted by Crippen LogP contribution is -2.13. The molecule has 0 heterocycles. The highest BCUT2D eigenvalue weighted by molar-refractivity contribution is 6.20. The van der Waals surface area contributed by atoms with Crippen molar-refractivity contribution >= 4 is 23.5 Å². The molecule has 0 saturated heterocycles. The van der Waals surface area contributed by atoms with Gasteiger partial charge in [0, 0.05) is 12.2 Å². The molecule has 116 valence electrons. The number of methoxy groups -OCH3 is 1. The first-order chi connectivity index (χ1) is 10.6. The maximum Gasteiger partial charge on any atom is 0.338 e. The first kappa shape index (κ1) is 17.2. The van der Waals surface area contributed by atoms with Crippen LogP contribution in [0.5, 0.6) is 0 Å². The van der Waals surface area contributed by atoms with Crippen LogP contribution in [0, 0.1) is 0 Å². The van der Waals surface area contributed by atoms with Gasteiger partial charge >= 0.3 is 17.9 Å². The topological polar surface area (TPSA) is 78.9 Å². The Morgan fingerprint density at radius 2 is 1.64 bits per heavy atom. The minimum atomic E-state index is -0.737. The molecule has 1 aromatic carbocycles. The molecule has 1 rings (SSSR count). The lowest BCUT2D eigenvalue weighted by Gasteiger charge is -2.06. The zero-order chi connectivity index (χ0) is 16.4. The number of carbonyl (C=O) groups excluding carboxylic acids is 3. The maximum atomic E-state index is 11.7. The van der Waals surface area contributed by atoms with Gasteiger partial charge in [-0.3, -0.25) is 0 Å². The highest BCUT2D eigenvalue weighted by Gasteiger charge is 2.14. The summed E-state index contributed by atoms with van der Waals surface area (Å²) in [5.41, 5.74) is 0.612. The fourth-order valence-electron chi connectivity index (χ4n) is 1.49. The molecule has 6 heteroatoms. The number of hydrogen-bond donors (Lipinski definition) is 0. The van der Waals surface area contributed by atoms with Crippen LogP contribution in [0.15, 0.2) is 49.1 Å². The molecule has 0 aliphatic carbocycles. The summed E-state index contributed by atoms with van der Waals surface area (Å²) in [6.45, 7) is 3.01. The van der Waals surface area contributed by atoms with Gasteiger partial charge in [0.1, 0.15) is 13.2 Å². The Morgan fingerprint density at radius 3 is 2.18 bits per heavy atom. The molecule has 1 aromatic rings. The Hall–Kier alpha value is -2.89. The van der Waals surface area contributed by atoms with Crippen LogP contribution in [-0.4, -0.2) is 38.2 Å². The third kappa shape index (κ3) is 5.62. The van der Waals surface area contributed by atoms with E-state index < -0.39 is 17.9 Å². The molecular formula is C16H16O6. The van der Waals surface area contributed by atoms with E-state index in [1.165, 1.54) is 7.11 Å². The molecule has 0 radical (unpaired) electrons. The van der Waals surface area contributed by atoms with E-state index in [2.05, 4.69) is 16.1 Å². The number of hydrogen-bond acceptors (Lipinski definition) is 6. The minimum Gasteiger partial charge on any atom is -0.465 e. The quantitative estimate of drug-likeness (QED) is 0.329. The van der Waals surface area contributed by atoms with Crippen LogP contribution in [0.25, 0.3) is 5.57 Å². The van der Waals surface area contributed by atoms with E-state index in [0.717, 1.165) is 12.2 Å². The largest absolute Gasteiger partial charge is 0.465 e. The van der Waals surface area contributed by atoms with Crippen LogP contribution in [0.4, 0.5) is 0 Å². The molecule has 0 spiro atoms. The molecule has 0 saturated carbocycles. The molecular weight excluding hydrogens is 288 g/mol. The average Bonchev–Trinajstić information content (AvgIpc) is 2.56. The van der Waals surface area contributed by atoms with Crippen LogP contribution in [0.1, 0.15) is 5.56 Å². The van der Waals surface area contributed by atoms with Crippen molar-refractivity contribution in [2.45, 2.75) is 0 Å². The standard InChI is InChI=1S/C16H16O6/c1-3-14(17)21-9-10-22-15(18)11-13(16(19)20-2)12-7-5-4-6-8-12/h3-8,11H,1,9-10H2,2H3/b13-11+. The molecule has 0 aliphatic heterocycles. The highest BCUT2D eigenvalue weighted by atomic mass is 16.6. The molecule has 0 N–H and O–H groups in total. The van der Waals surface area contributed by atoms with E-state index in [9.17, 15) is 14.4 Å². The number of esters is 3. The SMILES string of the molecule is C=CC(=O)OCCOC(=O)/C=C(/C(=O)OC)c1ccccc1. The van der Waals surface area contributed by atoms with Gasteiger partial charge in [-0.05, 0) is 5.56 Å². The van der Waals surface area contributed by atoms with Crippen LogP contribution >= 0.6 is 0 Å². The van der Waals surface area contributed by atoms with Gasteiger partial charge in [0.15, 0.2) is 0 Å². The Kier molecular flexibility index (Phi) is 7.12. The van der Waals surface area contributed by atoms with E-state index in [4.69, 9.17) is 4.74 Å². The lowest BCUT2D eigenvalue weighted by atomic mass is 10.1. The summed E-state index contributed by atoms with van der Waals surface area (Å²) in [5.74, 6) is -1.99. The van der Waals surface area contributed by atoms with E-state index in [-0.39, 0.29) is 18.8 Å². The van der Waals surface area contributed by atoms with Crippen molar-refractivity contribution in [3.05, 3.63) is 54.6 Å². The number of carbonyl (C=O) groups is 3. The van der Waals surface area contributed by atoms with Crippen LogP contribution in [0.2, 0.25) is 0 Å². The molecule has 0 amide bonds. The third-order valence-corrected chi connectivity index (χ3v) is 2.49. The van der Waals surface area contributed by atoms with E-state index in [1.54, 1.807) is 30.3 Å². The average molecular weight is 304 g/mol. The fourth-order valence-corrected chi connectivity index (χ4v) is 1.49. The molecule has 0 unspecified atom stereocenters. The maximum absolute atomic E-state index is 11.7. The Balaban J connectivity index is 2.68. The molecule has 0 bridgehead atoms. The normalized spacial score (nSPS) is 10.5. The zero-order valence-electron chi connectivity index (χ0n) is 12.1. The van der Waals surface area contributed by atoms with E-state index in [1.807, 2.05) is 0 Å². The minimum absolute atomic E-state index is 0.0798. The van der Waals surface area contributed by atoms with Crippen molar-refractivity contribution in [2.75, 3.05) is 20.3 Å². The monoisotopic (exact) mass is 304 g/mol. The third-order valence-electron chi connectivity index (χ3n) is 2.49. The fraction of sp³-hybridized carbons (Fsp3) is 0.188. The smallest absolute Gasteiger partial charge is 0.338 e. The van der Waals surface area contributed by atoms with Gasteiger partial charge < -0.3 is 14.2 Å². The van der Waals surface area contributed by atoms with Gasteiger partial charge in [0.05, 0.1) is 12.7 Å². The van der Waals surface area contributed by atoms with Gasteiger partial charge in [0.2, 0.25) is 0 Å². The van der Waals surface area contributed by atoms with E-state index in [0.29, 0.717) is 5.56 Å². The Morgan fingerprint density at radius 1 is 1.05 bits per heavy atom. The van der Waals surface area contributed by atoms with Gasteiger partial charge in [0.25, 0.3) is 0 Å². The Labute approximate surface area is 128 Å². The van der Waals surface area contributed by atoms with Crippen molar-refractivity contribution in [1.29, 1.82) is 0 Å². The van der Waals surface area contributed by atoms with Crippen molar-refractivity contribution in [2.24, 2.45) is 0 Å². The Bertz CT molecular complexity index is 574. The van der Waals surface area contributed by atoms with Crippen LogP contribution in [0.3, 0.4) is 0 Å². The molecule has 0 fully saturated rings. The first-order valence-electron chi connectivity index (χ1n) is 6.40. The van der Waals surface area contributed by atoms with Crippen LogP contribution in [-0.2, 0) is 28.6 Å². The second-order valence-electron chi connectivity index (χ2n) is 3.95. The van der Waals surface area contributed by atoms with Crippen molar-refractivity contribution in [1.82, 2.24) is 0 Å². The summed E-state index contributed by atoms with van der Waals surface area (Å²) in [6.07, 6.45) is 2.04. The number of ether oxygens (including phenoxy) is 3. The van der Waals surface area contributed by atoms with Crippen molar-refractivity contribution in [3.63, 3.8) is 0 Å². The number of benzene rings is 1. The van der Waals surface area contributed by atoms with Gasteiger partial charge in [-0.15, -0.1) is 0 Å².